The van der Waals surface area contributed by atoms with Crippen LogP contribution in [0.15, 0.2) is 24.3 Å². The number of hydrogen-bond acceptors (Lipinski definition) is 3. The molecule has 0 aliphatic heterocycles. The molecule has 0 heterocycles. The Labute approximate surface area is 83.7 Å². The Morgan fingerprint density at radius 3 is 2.57 bits per heavy atom. The summed E-state index contributed by atoms with van der Waals surface area (Å²) in [5.74, 6) is 0.382. The molecule has 4 nitrogen and oxygen atoms in total. The Hall–Kier alpha value is -1.07. The molecule has 2 N–H and O–H groups in total. The molecule has 0 spiro atoms. The van der Waals surface area contributed by atoms with Gasteiger partial charge in [0.1, 0.15) is 5.75 Å². The molecule has 0 fully saturated rings. The van der Waals surface area contributed by atoms with Gasteiger partial charge in [-0.3, -0.25) is 0 Å². The van der Waals surface area contributed by atoms with Crippen molar-refractivity contribution in [2.24, 2.45) is 5.14 Å². The van der Waals surface area contributed by atoms with Gasteiger partial charge < -0.3 is 4.74 Å². The van der Waals surface area contributed by atoms with E-state index in [2.05, 4.69) is 0 Å². The first-order valence-corrected chi connectivity index (χ1v) is 5.95. The van der Waals surface area contributed by atoms with Crippen LogP contribution in [0.25, 0.3) is 0 Å². The van der Waals surface area contributed by atoms with Crippen molar-refractivity contribution in [2.75, 3.05) is 6.61 Å². The molecule has 0 aromatic heterocycles. The molecule has 1 aromatic rings. The maximum Gasteiger partial charge on any atom is 0.213 e. The molecule has 0 radical (unpaired) electrons. The van der Waals surface area contributed by atoms with E-state index in [9.17, 15) is 8.42 Å². The molecular weight excluding hydrogens is 202 g/mol. The predicted molar refractivity (Wildman–Crippen MR) is 54.4 cm³/mol. The second-order valence-corrected chi connectivity index (χ2v) is 4.46. The SMILES string of the molecule is CCOc1ccccc1CS(N)(=O)=O. The summed E-state index contributed by atoms with van der Waals surface area (Å²) >= 11 is 0. The third kappa shape index (κ3) is 3.35. The Kier molecular flexibility index (Phi) is 3.49. The number of primary sulfonamides is 1. The van der Waals surface area contributed by atoms with Crippen molar-refractivity contribution in [2.45, 2.75) is 12.7 Å². The molecule has 0 unspecified atom stereocenters. The van der Waals surface area contributed by atoms with Crippen LogP contribution in [0.1, 0.15) is 12.5 Å². The van der Waals surface area contributed by atoms with Gasteiger partial charge in [0.15, 0.2) is 0 Å². The smallest absolute Gasteiger partial charge is 0.213 e. The highest BCUT2D eigenvalue weighted by Gasteiger charge is 2.09. The number of para-hydroxylation sites is 1. The quantitative estimate of drug-likeness (QED) is 0.810. The summed E-state index contributed by atoms with van der Waals surface area (Å²) < 4.78 is 27.0. The highest BCUT2D eigenvalue weighted by Crippen LogP contribution is 2.19. The second-order valence-electron chi connectivity index (χ2n) is 2.85. The lowest BCUT2D eigenvalue weighted by molar-refractivity contribution is 0.337. The Balaban J connectivity index is 2.95. The number of hydrogen-bond donors (Lipinski definition) is 1. The summed E-state index contributed by atoms with van der Waals surface area (Å²) in [6.07, 6.45) is 0. The Bertz CT molecular complexity index is 400. The summed E-state index contributed by atoms with van der Waals surface area (Å²) in [7, 11) is -3.50. The van der Waals surface area contributed by atoms with Crippen LogP contribution in [-0.2, 0) is 15.8 Å². The Morgan fingerprint density at radius 2 is 2.00 bits per heavy atom. The van der Waals surface area contributed by atoms with Crippen LogP contribution in [0, 0.1) is 0 Å². The van der Waals surface area contributed by atoms with Gasteiger partial charge in [-0.2, -0.15) is 0 Å². The first kappa shape index (κ1) is 11.0. The fourth-order valence-electron chi connectivity index (χ4n) is 1.14. The number of sulfonamides is 1. The van der Waals surface area contributed by atoms with Crippen LogP contribution in [0.5, 0.6) is 5.75 Å². The van der Waals surface area contributed by atoms with Gasteiger partial charge in [0.05, 0.1) is 12.4 Å². The van der Waals surface area contributed by atoms with E-state index in [1.165, 1.54) is 0 Å². The number of rotatable bonds is 4. The molecule has 0 aliphatic carbocycles. The third-order valence-corrected chi connectivity index (χ3v) is 2.34. The molecule has 5 heteroatoms. The van der Waals surface area contributed by atoms with E-state index in [0.717, 1.165) is 0 Å². The summed E-state index contributed by atoms with van der Waals surface area (Å²) in [5, 5.41) is 4.95. The van der Waals surface area contributed by atoms with Crippen molar-refractivity contribution in [3.8, 4) is 5.75 Å². The van der Waals surface area contributed by atoms with E-state index >= 15 is 0 Å². The van der Waals surface area contributed by atoms with Gasteiger partial charge in [-0.1, -0.05) is 18.2 Å². The third-order valence-electron chi connectivity index (χ3n) is 1.63. The maximum absolute atomic E-state index is 10.9. The molecule has 0 saturated heterocycles. The van der Waals surface area contributed by atoms with Gasteiger partial charge in [0, 0.05) is 5.56 Å². The van der Waals surface area contributed by atoms with E-state index in [1.807, 2.05) is 6.92 Å². The number of benzene rings is 1. The minimum atomic E-state index is -3.50. The monoisotopic (exact) mass is 215 g/mol. The topological polar surface area (TPSA) is 69.4 Å². The Morgan fingerprint density at radius 1 is 1.36 bits per heavy atom. The largest absolute Gasteiger partial charge is 0.494 e. The zero-order valence-electron chi connectivity index (χ0n) is 7.93. The van der Waals surface area contributed by atoms with Crippen LogP contribution < -0.4 is 9.88 Å². The van der Waals surface area contributed by atoms with Crippen LogP contribution in [0.4, 0.5) is 0 Å². The zero-order chi connectivity index (χ0) is 10.6. The second kappa shape index (κ2) is 4.43. The first-order valence-electron chi connectivity index (χ1n) is 4.24. The number of nitrogens with two attached hydrogens (primary N) is 1. The van der Waals surface area contributed by atoms with Crippen LogP contribution >= 0.6 is 0 Å². The van der Waals surface area contributed by atoms with Gasteiger partial charge in [-0.05, 0) is 13.0 Å². The average molecular weight is 215 g/mol. The van der Waals surface area contributed by atoms with Crippen molar-refractivity contribution >= 4 is 10.0 Å². The molecular formula is C9H13NO3S. The van der Waals surface area contributed by atoms with Gasteiger partial charge in [-0.15, -0.1) is 0 Å². The molecule has 0 saturated carbocycles. The van der Waals surface area contributed by atoms with E-state index in [1.54, 1.807) is 24.3 Å². The van der Waals surface area contributed by atoms with Crippen molar-refractivity contribution in [1.82, 2.24) is 0 Å². The summed E-state index contributed by atoms with van der Waals surface area (Å²) in [6, 6.07) is 6.96. The molecule has 0 aliphatic rings. The fraction of sp³-hybridized carbons (Fsp3) is 0.333. The van der Waals surface area contributed by atoms with E-state index < -0.39 is 10.0 Å². The van der Waals surface area contributed by atoms with Crippen molar-refractivity contribution < 1.29 is 13.2 Å². The molecule has 0 bridgehead atoms. The fourth-order valence-corrected chi connectivity index (χ4v) is 1.81. The first-order chi connectivity index (χ1) is 6.53. The predicted octanol–water partition coefficient (Wildman–Crippen LogP) is 0.874. The van der Waals surface area contributed by atoms with Crippen molar-refractivity contribution in [1.29, 1.82) is 0 Å². The van der Waals surface area contributed by atoms with Crippen molar-refractivity contribution in [3.05, 3.63) is 29.8 Å². The highest BCUT2D eigenvalue weighted by atomic mass is 32.2. The van der Waals surface area contributed by atoms with Crippen LogP contribution in [0.3, 0.4) is 0 Å². The number of ether oxygens (including phenoxy) is 1. The van der Waals surface area contributed by atoms with E-state index in [4.69, 9.17) is 9.88 Å². The normalized spacial score (nSPS) is 11.3. The molecule has 78 valence electrons. The van der Waals surface area contributed by atoms with Gasteiger partial charge >= 0.3 is 0 Å². The minimum absolute atomic E-state index is 0.191. The van der Waals surface area contributed by atoms with Gasteiger partial charge in [-0.25, -0.2) is 13.6 Å². The molecule has 1 aromatic carbocycles. The average Bonchev–Trinajstić information content (AvgIpc) is 2.06. The van der Waals surface area contributed by atoms with E-state index in [0.29, 0.717) is 17.9 Å². The molecule has 1 rings (SSSR count). The zero-order valence-corrected chi connectivity index (χ0v) is 8.75. The van der Waals surface area contributed by atoms with Crippen LogP contribution in [0.2, 0.25) is 0 Å². The minimum Gasteiger partial charge on any atom is -0.494 e. The van der Waals surface area contributed by atoms with Gasteiger partial charge in [0.25, 0.3) is 0 Å². The summed E-state index contributed by atoms with van der Waals surface area (Å²) in [5.41, 5.74) is 0.594. The van der Waals surface area contributed by atoms with Crippen molar-refractivity contribution in [3.63, 3.8) is 0 Å². The summed E-state index contributed by atoms with van der Waals surface area (Å²) in [6.45, 7) is 2.34. The highest BCUT2D eigenvalue weighted by molar-refractivity contribution is 7.88. The lowest BCUT2D eigenvalue weighted by Gasteiger charge is -2.08. The lowest BCUT2D eigenvalue weighted by Crippen LogP contribution is -2.15. The standard InChI is InChI=1S/C9H13NO3S/c1-2-13-9-6-4-3-5-8(9)7-14(10,11)12/h3-6H,2,7H2,1H3,(H2,10,11,12). The van der Waals surface area contributed by atoms with Crippen LogP contribution in [-0.4, -0.2) is 15.0 Å². The summed E-state index contributed by atoms with van der Waals surface area (Å²) in [4.78, 5) is 0. The molecule has 14 heavy (non-hydrogen) atoms. The molecule has 0 atom stereocenters. The van der Waals surface area contributed by atoms with E-state index in [-0.39, 0.29) is 5.75 Å². The van der Waals surface area contributed by atoms with Gasteiger partial charge in [0.2, 0.25) is 10.0 Å². The molecule has 0 amide bonds. The lowest BCUT2D eigenvalue weighted by atomic mass is 10.2. The maximum atomic E-state index is 10.9.